The van der Waals surface area contributed by atoms with Crippen LogP contribution in [-0.2, 0) is 0 Å². The van der Waals surface area contributed by atoms with Gasteiger partial charge in [0.15, 0.2) is 0 Å². The van der Waals surface area contributed by atoms with E-state index in [4.69, 9.17) is 5.11 Å². The molecule has 1 unspecified atom stereocenters. The van der Waals surface area contributed by atoms with Crippen molar-refractivity contribution >= 4 is 0 Å². The Bertz CT molecular complexity index is 124. The molecule has 0 aromatic heterocycles. The molecule has 1 N–H and O–H groups in total. The van der Waals surface area contributed by atoms with Crippen LogP contribution in [0.25, 0.3) is 0 Å². The molecule has 0 saturated carbocycles. The van der Waals surface area contributed by atoms with E-state index in [0.717, 1.165) is 18.4 Å². The minimum absolute atomic E-state index is 0.229. The Morgan fingerprint density at radius 1 is 1.88 bits per heavy atom. The van der Waals surface area contributed by atoms with Gasteiger partial charge in [0.1, 0.15) is 0 Å². The molecular weight excluding hydrogens is 100 g/mol. The Morgan fingerprint density at radius 2 is 2.62 bits per heavy atom. The molecule has 8 heavy (non-hydrogen) atoms. The molecule has 0 fully saturated rings. The monoisotopic (exact) mass is 110 g/mol. The zero-order valence-electron chi connectivity index (χ0n) is 4.80. The van der Waals surface area contributed by atoms with Crippen molar-refractivity contribution in [2.45, 2.75) is 18.9 Å². The summed E-state index contributed by atoms with van der Waals surface area (Å²) in [6, 6.07) is 0. The smallest absolute Gasteiger partial charge is 0.0789 e. The Hall–Kier alpha value is -0.560. The fraction of sp³-hybridized carbons (Fsp3) is 0.429. The van der Waals surface area contributed by atoms with Gasteiger partial charge in [0.2, 0.25) is 0 Å². The normalized spacial score (nSPS) is 27.6. The summed E-state index contributed by atoms with van der Waals surface area (Å²) in [7, 11) is 0. The average Bonchev–Trinajstić information content (AvgIpc) is 2.14. The van der Waals surface area contributed by atoms with Crippen LogP contribution >= 0.6 is 0 Å². The third-order valence-corrected chi connectivity index (χ3v) is 1.44. The summed E-state index contributed by atoms with van der Waals surface area (Å²) in [4.78, 5) is 0. The van der Waals surface area contributed by atoms with Gasteiger partial charge in [-0.3, -0.25) is 0 Å². The van der Waals surface area contributed by atoms with Crippen LogP contribution in [0, 0.1) is 0 Å². The second kappa shape index (κ2) is 2.14. The summed E-state index contributed by atoms with van der Waals surface area (Å²) in [6.45, 7) is 3.56. The molecule has 1 heteroatoms. The lowest BCUT2D eigenvalue weighted by Gasteiger charge is -1.99. The molecular formula is C7H10O. The number of aliphatic hydroxyl groups excluding tert-OH is 1. The minimum atomic E-state index is -0.229. The second-order valence-corrected chi connectivity index (χ2v) is 2.00. The van der Waals surface area contributed by atoms with Gasteiger partial charge in [0.05, 0.1) is 6.10 Å². The zero-order chi connectivity index (χ0) is 5.98. The van der Waals surface area contributed by atoms with E-state index in [-0.39, 0.29) is 6.10 Å². The van der Waals surface area contributed by atoms with Gasteiger partial charge in [0.25, 0.3) is 0 Å². The maximum absolute atomic E-state index is 9.05. The SMILES string of the molecule is C=CC1=CCCC1O. The van der Waals surface area contributed by atoms with Gasteiger partial charge in [-0.25, -0.2) is 0 Å². The first-order chi connectivity index (χ1) is 3.84. The van der Waals surface area contributed by atoms with Gasteiger partial charge in [-0.2, -0.15) is 0 Å². The highest BCUT2D eigenvalue weighted by molar-refractivity contribution is 5.24. The van der Waals surface area contributed by atoms with E-state index in [1.54, 1.807) is 6.08 Å². The van der Waals surface area contributed by atoms with Gasteiger partial charge < -0.3 is 5.11 Å². The Balaban J connectivity index is 2.62. The summed E-state index contributed by atoms with van der Waals surface area (Å²) in [6.07, 6.45) is 5.40. The van der Waals surface area contributed by atoms with Gasteiger partial charge in [-0.05, 0) is 18.4 Å². The van der Waals surface area contributed by atoms with Crippen LogP contribution < -0.4 is 0 Å². The predicted molar refractivity (Wildman–Crippen MR) is 33.5 cm³/mol. The molecule has 0 aromatic rings. The van der Waals surface area contributed by atoms with Crippen molar-refractivity contribution < 1.29 is 5.11 Å². The number of rotatable bonds is 1. The highest BCUT2D eigenvalue weighted by Crippen LogP contribution is 2.18. The topological polar surface area (TPSA) is 20.2 Å². The van der Waals surface area contributed by atoms with Crippen LogP contribution in [0.5, 0.6) is 0 Å². The first-order valence-electron chi connectivity index (χ1n) is 2.85. The van der Waals surface area contributed by atoms with E-state index >= 15 is 0 Å². The van der Waals surface area contributed by atoms with E-state index in [1.807, 2.05) is 6.08 Å². The maximum atomic E-state index is 9.05. The van der Waals surface area contributed by atoms with Crippen molar-refractivity contribution in [3.8, 4) is 0 Å². The largest absolute Gasteiger partial charge is 0.388 e. The molecule has 0 radical (unpaired) electrons. The maximum Gasteiger partial charge on any atom is 0.0789 e. The summed E-state index contributed by atoms with van der Waals surface area (Å²) >= 11 is 0. The molecule has 0 aliphatic heterocycles. The molecule has 1 nitrogen and oxygen atoms in total. The molecule has 0 bridgehead atoms. The average molecular weight is 110 g/mol. The fourth-order valence-electron chi connectivity index (χ4n) is 0.930. The molecule has 0 amide bonds. The van der Waals surface area contributed by atoms with Gasteiger partial charge in [0, 0.05) is 0 Å². The highest BCUT2D eigenvalue weighted by Gasteiger charge is 2.11. The van der Waals surface area contributed by atoms with E-state index in [9.17, 15) is 0 Å². The first-order valence-corrected chi connectivity index (χ1v) is 2.85. The van der Waals surface area contributed by atoms with E-state index in [0.29, 0.717) is 0 Å². The van der Waals surface area contributed by atoms with Crippen LogP contribution in [0.3, 0.4) is 0 Å². The van der Waals surface area contributed by atoms with E-state index in [2.05, 4.69) is 6.58 Å². The Morgan fingerprint density at radius 3 is 2.88 bits per heavy atom. The molecule has 1 aliphatic carbocycles. The van der Waals surface area contributed by atoms with Crippen molar-refractivity contribution in [2.24, 2.45) is 0 Å². The van der Waals surface area contributed by atoms with Crippen molar-refractivity contribution in [3.63, 3.8) is 0 Å². The lowest BCUT2D eigenvalue weighted by Crippen LogP contribution is -2.01. The molecule has 0 saturated heterocycles. The minimum Gasteiger partial charge on any atom is -0.388 e. The van der Waals surface area contributed by atoms with Crippen molar-refractivity contribution in [2.75, 3.05) is 0 Å². The summed E-state index contributed by atoms with van der Waals surface area (Å²) < 4.78 is 0. The number of aliphatic hydroxyl groups is 1. The summed E-state index contributed by atoms with van der Waals surface area (Å²) in [5.41, 5.74) is 0.991. The standard InChI is InChI=1S/C7H10O/c1-2-6-4-3-5-7(6)8/h2,4,7-8H,1,3,5H2. The Labute approximate surface area is 49.3 Å². The summed E-state index contributed by atoms with van der Waals surface area (Å²) in [5.74, 6) is 0. The molecule has 0 spiro atoms. The van der Waals surface area contributed by atoms with Crippen molar-refractivity contribution in [1.82, 2.24) is 0 Å². The lowest BCUT2D eigenvalue weighted by atomic mass is 10.2. The molecule has 1 rings (SSSR count). The quantitative estimate of drug-likeness (QED) is 0.538. The molecule has 0 aromatic carbocycles. The number of allylic oxidation sites excluding steroid dienone is 1. The van der Waals surface area contributed by atoms with Crippen LogP contribution in [0.4, 0.5) is 0 Å². The zero-order valence-corrected chi connectivity index (χ0v) is 4.80. The predicted octanol–water partition coefficient (Wildman–Crippen LogP) is 1.25. The second-order valence-electron chi connectivity index (χ2n) is 2.00. The van der Waals surface area contributed by atoms with Crippen LogP contribution in [-0.4, -0.2) is 11.2 Å². The molecule has 44 valence electrons. The molecule has 0 heterocycles. The van der Waals surface area contributed by atoms with Gasteiger partial charge in [-0.1, -0.05) is 18.7 Å². The lowest BCUT2D eigenvalue weighted by molar-refractivity contribution is 0.215. The van der Waals surface area contributed by atoms with Gasteiger partial charge in [-0.15, -0.1) is 0 Å². The molecule has 1 atom stereocenters. The van der Waals surface area contributed by atoms with Crippen molar-refractivity contribution in [1.29, 1.82) is 0 Å². The fourth-order valence-corrected chi connectivity index (χ4v) is 0.930. The summed E-state index contributed by atoms with van der Waals surface area (Å²) in [5, 5.41) is 9.05. The first kappa shape index (κ1) is 5.57. The Kier molecular flexibility index (Phi) is 1.49. The number of hydrogen-bond donors (Lipinski definition) is 1. The van der Waals surface area contributed by atoms with E-state index < -0.39 is 0 Å². The van der Waals surface area contributed by atoms with Crippen LogP contribution in [0.15, 0.2) is 24.3 Å². The van der Waals surface area contributed by atoms with Gasteiger partial charge >= 0.3 is 0 Å². The third-order valence-electron chi connectivity index (χ3n) is 1.44. The highest BCUT2D eigenvalue weighted by atomic mass is 16.3. The molecule has 1 aliphatic rings. The van der Waals surface area contributed by atoms with Crippen molar-refractivity contribution in [3.05, 3.63) is 24.3 Å². The number of hydrogen-bond acceptors (Lipinski definition) is 1. The van der Waals surface area contributed by atoms with Crippen LogP contribution in [0.1, 0.15) is 12.8 Å². The van der Waals surface area contributed by atoms with E-state index in [1.165, 1.54) is 0 Å². The third kappa shape index (κ3) is 0.819. The van der Waals surface area contributed by atoms with Crippen LogP contribution in [0.2, 0.25) is 0 Å².